The van der Waals surface area contributed by atoms with Crippen molar-refractivity contribution < 1.29 is 14.0 Å². The van der Waals surface area contributed by atoms with Gasteiger partial charge in [-0.15, -0.1) is 0 Å². The molecule has 1 saturated heterocycles. The Kier molecular flexibility index (Phi) is 5.12. The van der Waals surface area contributed by atoms with Crippen molar-refractivity contribution in [3.63, 3.8) is 0 Å². The van der Waals surface area contributed by atoms with Gasteiger partial charge >= 0.3 is 0 Å². The van der Waals surface area contributed by atoms with E-state index in [1.165, 1.54) is 11.0 Å². The lowest BCUT2D eigenvalue weighted by molar-refractivity contribution is -0.126. The standard InChI is InChI=1S/C20H21FN2O2/c1-14(15-7-3-2-4-8-15)12-22-20(25)16-11-19(24)23(13-16)18-10-6-5-9-17(18)21/h2-10,14,16H,11-13H2,1H3,(H,22,25)/t14-,16-/m1/s1. The highest BCUT2D eigenvalue weighted by molar-refractivity contribution is 6.00. The van der Waals surface area contributed by atoms with Crippen molar-refractivity contribution >= 4 is 17.5 Å². The summed E-state index contributed by atoms with van der Waals surface area (Å²) in [5.74, 6) is -1.09. The summed E-state index contributed by atoms with van der Waals surface area (Å²) in [5.41, 5.74) is 1.39. The Hall–Kier alpha value is -2.69. The van der Waals surface area contributed by atoms with Gasteiger partial charge in [0.25, 0.3) is 0 Å². The van der Waals surface area contributed by atoms with E-state index in [1.54, 1.807) is 18.2 Å². The molecule has 0 bridgehead atoms. The number of rotatable bonds is 5. The number of carbonyl (C=O) groups excluding carboxylic acids is 2. The smallest absolute Gasteiger partial charge is 0.227 e. The minimum absolute atomic E-state index is 0.111. The first-order valence-corrected chi connectivity index (χ1v) is 8.44. The van der Waals surface area contributed by atoms with E-state index in [1.807, 2.05) is 37.3 Å². The number of benzene rings is 2. The van der Waals surface area contributed by atoms with Gasteiger partial charge in [0, 0.05) is 19.5 Å². The highest BCUT2D eigenvalue weighted by Crippen LogP contribution is 2.27. The van der Waals surface area contributed by atoms with Crippen LogP contribution < -0.4 is 10.2 Å². The average Bonchev–Trinajstić information content (AvgIpc) is 3.02. The van der Waals surface area contributed by atoms with Gasteiger partial charge in [0.15, 0.2) is 0 Å². The second kappa shape index (κ2) is 7.47. The van der Waals surface area contributed by atoms with Crippen LogP contribution in [0.25, 0.3) is 0 Å². The summed E-state index contributed by atoms with van der Waals surface area (Å²) in [7, 11) is 0. The van der Waals surface area contributed by atoms with Crippen molar-refractivity contribution in [3.8, 4) is 0 Å². The molecule has 0 aliphatic carbocycles. The molecule has 3 rings (SSSR count). The van der Waals surface area contributed by atoms with Crippen LogP contribution in [-0.4, -0.2) is 24.9 Å². The number of nitrogens with one attached hydrogen (secondary N) is 1. The molecule has 0 radical (unpaired) electrons. The molecule has 1 heterocycles. The van der Waals surface area contributed by atoms with Crippen LogP contribution in [0.15, 0.2) is 54.6 Å². The first kappa shape index (κ1) is 17.1. The van der Waals surface area contributed by atoms with Gasteiger partial charge in [-0.1, -0.05) is 49.4 Å². The molecule has 1 aliphatic rings. The molecule has 5 heteroatoms. The van der Waals surface area contributed by atoms with Gasteiger partial charge in [-0.2, -0.15) is 0 Å². The predicted molar refractivity (Wildman–Crippen MR) is 94.7 cm³/mol. The lowest BCUT2D eigenvalue weighted by atomic mass is 10.0. The average molecular weight is 340 g/mol. The summed E-state index contributed by atoms with van der Waals surface area (Å²) in [6, 6.07) is 16.1. The number of para-hydroxylation sites is 1. The molecule has 2 atom stereocenters. The zero-order valence-corrected chi connectivity index (χ0v) is 14.1. The van der Waals surface area contributed by atoms with Crippen LogP contribution in [0.1, 0.15) is 24.8 Å². The number of hydrogen-bond acceptors (Lipinski definition) is 2. The normalized spacial score (nSPS) is 18.2. The molecule has 0 aromatic heterocycles. The third kappa shape index (κ3) is 3.87. The number of carbonyl (C=O) groups is 2. The summed E-state index contributed by atoms with van der Waals surface area (Å²) in [6.45, 7) is 2.76. The van der Waals surface area contributed by atoms with Crippen molar-refractivity contribution in [2.75, 3.05) is 18.0 Å². The van der Waals surface area contributed by atoms with Crippen LogP contribution in [0.3, 0.4) is 0 Å². The highest BCUT2D eigenvalue weighted by atomic mass is 19.1. The molecule has 2 aromatic carbocycles. The van der Waals surface area contributed by atoms with Crippen LogP contribution in [0.4, 0.5) is 10.1 Å². The zero-order valence-electron chi connectivity index (χ0n) is 14.1. The van der Waals surface area contributed by atoms with Crippen molar-refractivity contribution in [2.24, 2.45) is 5.92 Å². The molecule has 1 aliphatic heterocycles. The van der Waals surface area contributed by atoms with Gasteiger partial charge in [-0.25, -0.2) is 4.39 Å². The maximum Gasteiger partial charge on any atom is 0.227 e. The van der Waals surface area contributed by atoms with E-state index in [9.17, 15) is 14.0 Å². The maximum atomic E-state index is 13.9. The molecule has 130 valence electrons. The Bertz CT molecular complexity index is 763. The molecule has 0 unspecified atom stereocenters. The Labute approximate surface area is 146 Å². The molecule has 1 N–H and O–H groups in total. The minimum Gasteiger partial charge on any atom is -0.355 e. The van der Waals surface area contributed by atoms with Gasteiger partial charge < -0.3 is 10.2 Å². The van der Waals surface area contributed by atoms with Crippen LogP contribution in [0.2, 0.25) is 0 Å². The van der Waals surface area contributed by atoms with Crippen molar-refractivity contribution in [1.82, 2.24) is 5.32 Å². The van der Waals surface area contributed by atoms with Crippen molar-refractivity contribution in [1.29, 1.82) is 0 Å². The van der Waals surface area contributed by atoms with Gasteiger partial charge in [-0.3, -0.25) is 9.59 Å². The van der Waals surface area contributed by atoms with Gasteiger partial charge in [0.05, 0.1) is 11.6 Å². The molecular formula is C20H21FN2O2. The predicted octanol–water partition coefficient (Wildman–Crippen LogP) is 3.10. The molecule has 2 aromatic rings. The number of hydrogen-bond donors (Lipinski definition) is 1. The second-order valence-corrected chi connectivity index (χ2v) is 6.41. The van der Waals surface area contributed by atoms with E-state index in [0.717, 1.165) is 5.56 Å². The third-order valence-corrected chi connectivity index (χ3v) is 4.59. The van der Waals surface area contributed by atoms with Gasteiger partial charge in [0.1, 0.15) is 5.82 Å². The molecule has 0 spiro atoms. The number of amides is 2. The Morgan fingerprint density at radius 3 is 2.60 bits per heavy atom. The molecule has 1 fully saturated rings. The van der Waals surface area contributed by atoms with Crippen LogP contribution in [0, 0.1) is 11.7 Å². The fourth-order valence-electron chi connectivity index (χ4n) is 3.08. The zero-order chi connectivity index (χ0) is 17.8. The highest BCUT2D eigenvalue weighted by Gasteiger charge is 2.36. The SMILES string of the molecule is C[C@H](CNC(=O)[C@@H]1CC(=O)N(c2ccccc2F)C1)c1ccccc1. The topological polar surface area (TPSA) is 49.4 Å². The van der Waals surface area contributed by atoms with E-state index in [4.69, 9.17) is 0 Å². The van der Waals surface area contributed by atoms with Gasteiger partial charge in [-0.05, 0) is 23.6 Å². The quantitative estimate of drug-likeness (QED) is 0.909. The lowest BCUT2D eigenvalue weighted by Crippen LogP contribution is -2.35. The number of halogens is 1. The fourth-order valence-corrected chi connectivity index (χ4v) is 3.08. The third-order valence-electron chi connectivity index (χ3n) is 4.59. The largest absolute Gasteiger partial charge is 0.355 e. The van der Waals surface area contributed by atoms with E-state index in [0.29, 0.717) is 6.54 Å². The monoisotopic (exact) mass is 340 g/mol. The lowest BCUT2D eigenvalue weighted by Gasteiger charge is -2.18. The van der Waals surface area contributed by atoms with Crippen molar-refractivity contribution in [2.45, 2.75) is 19.3 Å². The van der Waals surface area contributed by atoms with Crippen molar-refractivity contribution in [3.05, 3.63) is 66.0 Å². The van der Waals surface area contributed by atoms with Crippen LogP contribution in [-0.2, 0) is 9.59 Å². The molecule has 4 nitrogen and oxygen atoms in total. The molecule has 2 amide bonds. The number of anilines is 1. The number of nitrogens with zero attached hydrogens (tertiary/aromatic N) is 1. The van der Waals surface area contributed by atoms with Crippen LogP contribution in [0.5, 0.6) is 0 Å². The minimum atomic E-state index is -0.449. The van der Waals surface area contributed by atoms with Gasteiger partial charge in [0.2, 0.25) is 11.8 Å². The van der Waals surface area contributed by atoms with Crippen LogP contribution >= 0.6 is 0 Å². The summed E-state index contributed by atoms with van der Waals surface area (Å²) < 4.78 is 13.9. The summed E-state index contributed by atoms with van der Waals surface area (Å²) in [5, 5.41) is 2.92. The molecule has 25 heavy (non-hydrogen) atoms. The molecule has 0 saturated carbocycles. The second-order valence-electron chi connectivity index (χ2n) is 6.41. The van der Waals surface area contributed by atoms with E-state index in [-0.39, 0.29) is 36.4 Å². The summed E-state index contributed by atoms with van der Waals surface area (Å²) >= 11 is 0. The summed E-state index contributed by atoms with van der Waals surface area (Å²) in [6.07, 6.45) is 0.111. The first-order chi connectivity index (χ1) is 12.1. The first-order valence-electron chi connectivity index (χ1n) is 8.44. The molecular weight excluding hydrogens is 319 g/mol. The Balaban J connectivity index is 1.59. The van der Waals surface area contributed by atoms with E-state index >= 15 is 0 Å². The fraction of sp³-hybridized carbons (Fsp3) is 0.300. The van der Waals surface area contributed by atoms with E-state index in [2.05, 4.69) is 5.32 Å². The Morgan fingerprint density at radius 1 is 1.20 bits per heavy atom. The summed E-state index contributed by atoms with van der Waals surface area (Å²) in [4.78, 5) is 25.9. The van der Waals surface area contributed by atoms with E-state index < -0.39 is 11.7 Å². The Morgan fingerprint density at radius 2 is 1.88 bits per heavy atom. The maximum absolute atomic E-state index is 13.9.